The van der Waals surface area contributed by atoms with Crippen LogP contribution in [0.5, 0.6) is 0 Å². The van der Waals surface area contributed by atoms with E-state index in [1.807, 2.05) is 60.7 Å². The largest absolute Gasteiger partial charge is 0.392 e. The zero-order chi connectivity index (χ0) is 15.1. The van der Waals surface area contributed by atoms with Crippen molar-refractivity contribution < 1.29 is 5.11 Å². The van der Waals surface area contributed by atoms with E-state index in [9.17, 15) is 5.11 Å². The number of benzene rings is 2. The lowest BCUT2D eigenvalue weighted by atomic mass is 10.0. The predicted molar refractivity (Wildman–Crippen MR) is 91.8 cm³/mol. The van der Waals surface area contributed by atoms with Crippen LogP contribution in [0.4, 0.5) is 0 Å². The first-order chi connectivity index (χ1) is 10.2. The van der Waals surface area contributed by atoms with Crippen LogP contribution in [0, 0.1) is 0 Å². The molecule has 2 atom stereocenters. The topological polar surface area (TPSA) is 32.3 Å². The van der Waals surface area contributed by atoms with Gasteiger partial charge in [-0.25, -0.2) is 0 Å². The summed E-state index contributed by atoms with van der Waals surface area (Å²) < 4.78 is 0. The molecule has 0 saturated carbocycles. The Hall–Kier alpha value is -1.42. The van der Waals surface area contributed by atoms with Gasteiger partial charge >= 0.3 is 0 Å². The van der Waals surface area contributed by atoms with E-state index < -0.39 is 6.10 Å². The molecule has 0 radical (unpaired) electrons. The van der Waals surface area contributed by atoms with Crippen molar-refractivity contribution in [3.05, 3.63) is 71.8 Å². The summed E-state index contributed by atoms with van der Waals surface area (Å²) in [5.41, 5.74) is 2.05. The van der Waals surface area contributed by atoms with Gasteiger partial charge in [-0.1, -0.05) is 72.9 Å². The highest BCUT2D eigenvalue weighted by atomic mass is 35.5. The summed E-state index contributed by atoms with van der Waals surface area (Å²) in [4.78, 5) is 0.672. The lowest BCUT2D eigenvalue weighted by Crippen LogP contribution is -2.31. The highest BCUT2D eigenvalue weighted by Crippen LogP contribution is 2.20. The van der Waals surface area contributed by atoms with Crippen molar-refractivity contribution in [2.75, 3.05) is 5.88 Å². The van der Waals surface area contributed by atoms with Gasteiger partial charge in [0.1, 0.15) is 4.99 Å². The molecule has 0 aliphatic heterocycles. The third-order valence-electron chi connectivity index (χ3n) is 3.23. The second kappa shape index (κ2) is 8.13. The predicted octanol–water partition coefficient (Wildman–Crippen LogP) is 3.68. The smallest absolute Gasteiger partial charge is 0.107 e. The summed E-state index contributed by atoms with van der Waals surface area (Å²) in [5, 5.41) is 13.2. The number of alkyl halides is 1. The maximum Gasteiger partial charge on any atom is 0.107 e. The zero-order valence-electron chi connectivity index (χ0n) is 11.6. The standard InChI is InChI=1S/C17H18ClNOS/c18-12-15(20)11-16(13-7-3-1-4-8-13)19-17(21)14-9-5-2-6-10-14/h1-10,15-16,20H,11-12H2,(H,19,21). The average molecular weight is 320 g/mol. The minimum atomic E-state index is -0.567. The van der Waals surface area contributed by atoms with Crippen molar-refractivity contribution in [3.63, 3.8) is 0 Å². The molecule has 0 aliphatic carbocycles. The van der Waals surface area contributed by atoms with Crippen LogP contribution in [0.1, 0.15) is 23.6 Å². The van der Waals surface area contributed by atoms with Gasteiger partial charge in [0, 0.05) is 11.4 Å². The maximum atomic E-state index is 9.86. The molecule has 0 bridgehead atoms. The average Bonchev–Trinajstić information content (AvgIpc) is 2.55. The molecule has 2 aromatic carbocycles. The Bertz CT molecular complexity index is 562. The van der Waals surface area contributed by atoms with Crippen LogP contribution in [-0.2, 0) is 0 Å². The summed E-state index contributed by atoms with van der Waals surface area (Å²) in [7, 11) is 0. The van der Waals surface area contributed by atoms with Gasteiger partial charge in [0.15, 0.2) is 0 Å². The van der Waals surface area contributed by atoms with Gasteiger partial charge in [-0.15, -0.1) is 11.6 Å². The van der Waals surface area contributed by atoms with E-state index in [0.717, 1.165) is 11.1 Å². The molecule has 21 heavy (non-hydrogen) atoms. The number of aliphatic hydroxyl groups excluding tert-OH is 1. The lowest BCUT2D eigenvalue weighted by Gasteiger charge is -2.23. The molecule has 2 N–H and O–H groups in total. The monoisotopic (exact) mass is 319 g/mol. The molecule has 0 spiro atoms. The van der Waals surface area contributed by atoms with Crippen molar-refractivity contribution >= 4 is 28.8 Å². The summed E-state index contributed by atoms with van der Waals surface area (Å²) in [6, 6.07) is 19.7. The van der Waals surface area contributed by atoms with Gasteiger partial charge in [-0.05, 0) is 12.0 Å². The molecule has 110 valence electrons. The Balaban J connectivity index is 2.14. The Morgan fingerprint density at radius 1 is 1.05 bits per heavy atom. The quantitative estimate of drug-likeness (QED) is 0.629. The second-order valence-electron chi connectivity index (χ2n) is 4.85. The molecule has 0 aromatic heterocycles. The lowest BCUT2D eigenvalue weighted by molar-refractivity contribution is 0.175. The SMILES string of the molecule is OC(CCl)CC(NC(=S)c1ccccc1)c1ccccc1. The number of hydrogen-bond donors (Lipinski definition) is 2. The van der Waals surface area contributed by atoms with Crippen molar-refractivity contribution in [2.45, 2.75) is 18.6 Å². The van der Waals surface area contributed by atoms with E-state index in [1.165, 1.54) is 0 Å². The van der Waals surface area contributed by atoms with Crippen molar-refractivity contribution in [2.24, 2.45) is 0 Å². The summed E-state index contributed by atoms with van der Waals surface area (Å²) >= 11 is 11.2. The van der Waals surface area contributed by atoms with Gasteiger partial charge in [0.05, 0.1) is 12.1 Å². The fraction of sp³-hybridized carbons (Fsp3) is 0.235. The summed E-state index contributed by atoms with van der Waals surface area (Å²) in [6.07, 6.45) is -0.0523. The van der Waals surface area contributed by atoms with E-state index in [4.69, 9.17) is 23.8 Å². The van der Waals surface area contributed by atoms with Gasteiger partial charge < -0.3 is 10.4 Å². The van der Waals surface area contributed by atoms with Gasteiger partial charge in [0.25, 0.3) is 0 Å². The molecule has 2 rings (SSSR count). The van der Waals surface area contributed by atoms with Crippen LogP contribution < -0.4 is 5.32 Å². The van der Waals surface area contributed by atoms with E-state index in [0.29, 0.717) is 11.4 Å². The second-order valence-corrected chi connectivity index (χ2v) is 5.56. The molecule has 0 aliphatic rings. The Morgan fingerprint density at radius 3 is 2.19 bits per heavy atom. The van der Waals surface area contributed by atoms with Gasteiger partial charge in [-0.2, -0.15) is 0 Å². The minimum Gasteiger partial charge on any atom is -0.392 e. The van der Waals surface area contributed by atoms with Crippen molar-refractivity contribution in [3.8, 4) is 0 Å². The van der Waals surface area contributed by atoms with E-state index in [1.54, 1.807) is 0 Å². The van der Waals surface area contributed by atoms with Crippen LogP contribution in [0.3, 0.4) is 0 Å². The van der Waals surface area contributed by atoms with E-state index in [-0.39, 0.29) is 11.9 Å². The molecular weight excluding hydrogens is 302 g/mol. The number of thiocarbonyl (C=S) groups is 1. The fourth-order valence-corrected chi connectivity index (χ4v) is 2.53. The zero-order valence-corrected chi connectivity index (χ0v) is 13.1. The van der Waals surface area contributed by atoms with Crippen LogP contribution in [0.15, 0.2) is 60.7 Å². The van der Waals surface area contributed by atoms with Crippen molar-refractivity contribution in [1.82, 2.24) is 5.32 Å². The number of aliphatic hydroxyl groups is 1. The van der Waals surface area contributed by atoms with E-state index >= 15 is 0 Å². The molecule has 4 heteroatoms. The highest BCUT2D eigenvalue weighted by molar-refractivity contribution is 7.80. The Labute approximate surface area is 135 Å². The van der Waals surface area contributed by atoms with Crippen LogP contribution in [0.2, 0.25) is 0 Å². The summed E-state index contributed by atoms with van der Waals surface area (Å²) in [5.74, 6) is 0.211. The molecule has 0 heterocycles. The Kier molecular flexibility index (Phi) is 6.18. The first-order valence-electron chi connectivity index (χ1n) is 6.85. The first kappa shape index (κ1) is 16.0. The third kappa shape index (κ3) is 4.81. The first-order valence-corrected chi connectivity index (χ1v) is 7.80. The summed E-state index contributed by atoms with van der Waals surface area (Å²) in [6.45, 7) is 0. The number of halogens is 1. The van der Waals surface area contributed by atoms with Gasteiger partial charge in [0.2, 0.25) is 0 Å². The number of nitrogens with one attached hydrogen (secondary N) is 1. The normalized spacial score (nSPS) is 13.4. The van der Waals surface area contributed by atoms with Crippen LogP contribution in [0.25, 0.3) is 0 Å². The maximum absolute atomic E-state index is 9.86. The number of rotatable bonds is 6. The molecule has 0 saturated heterocycles. The molecule has 0 amide bonds. The molecular formula is C17H18ClNOS. The van der Waals surface area contributed by atoms with Gasteiger partial charge in [-0.3, -0.25) is 0 Å². The Morgan fingerprint density at radius 2 is 1.62 bits per heavy atom. The third-order valence-corrected chi connectivity index (χ3v) is 3.94. The number of hydrogen-bond acceptors (Lipinski definition) is 2. The van der Waals surface area contributed by atoms with E-state index in [2.05, 4.69) is 5.32 Å². The molecule has 2 unspecified atom stereocenters. The van der Waals surface area contributed by atoms with Crippen LogP contribution in [-0.4, -0.2) is 22.1 Å². The minimum absolute atomic E-state index is 0.0624. The highest BCUT2D eigenvalue weighted by Gasteiger charge is 2.17. The van der Waals surface area contributed by atoms with Crippen LogP contribution >= 0.6 is 23.8 Å². The molecule has 2 nitrogen and oxygen atoms in total. The molecule has 0 fully saturated rings. The molecule has 2 aromatic rings. The van der Waals surface area contributed by atoms with Crippen molar-refractivity contribution in [1.29, 1.82) is 0 Å². The fourth-order valence-electron chi connectivity index (χ4n) is 2.13.